The van der Waals surface area contributed by atoms with E-state index in [9.17, 15) is 0 Å². The van der Waals surface area contributed by atoms with E-state index in [0.29, 0.717) is 0 Å². The van der Waals surface area contributed by atoms with Gasteiger partial charge >= 0.3 is 0 Å². The van der Waals surface area contributed by atoms with Crippen LogP contribution in [0, 0.1) is 0 Å². The highest BCUT2D eigenvalue weighted by Crippen LogP contribution is 2.02. The summed E-state index contributed by atoms with van der Waals surface area (Å²) in [5, 5.41) is 0. The molecule has 0 saturated heterocycles. The van der Waals surface area contributed by atoms with Gasteiger partial charge in [0, 0.05) is 5.70 Å². The zero-order valence-corrected chi connectivity index (χ0v) is 7.81. The van der Waals surface area contributed by atoms with E-state index in [1.165, 1.54) is 5.57 Å². The molecule has 1 nitrogen and oxygen atoms in total. The number of rotatable bonds is 2. The van der Waals surface area contributed by atoms with Crippen LogP contribution in [-0.4, -0.2) is 0 Å². The molecule has 0 bridgehead atoms. The smallest absolute Gasteiger partial charge is 0.0340 e. The lowest BCUT2D eigenvalue weighted by molar-refractivity contribution is 1.27. The Morgan fingerprint density at radius 3 is 2.00 bits per heavy atom. The number of hydrogen-bond donors (Lipinski definition) is 1. The van der Waals surface area contributed by atoms with Crippen LogP contribution in [0.2, 0.25) is 0 Å². The van der Waals surface area contributed by atoms with Gasteiger partial charge in [-0.15, -0.1) is 0 Å². The predicted molar refractivity (Wildman–Crippen MR) is 51.1 cm³/mol. The molecule has 0 rings (SSSR count). The molecule has 0 spiro atoms. The third-order valence-corrected chi connectivity index (χ3v) is 1.48. The van der Waals surface area contributed by atoms with Gasteiger partial charge in [0.15, 0.2) is 0 Å². The first kappa shape index (κ1) is 10.0. The quantitative estimate of drug-likeness (QED) is 0.603. The summed E-state index contributed by atoms with van der Waals surface area (Å²) in [4.78, 5) is 0. The molecule has 0 aromatic heterocycles. The van der Waals surface area contributed by atoms with E-state index in [-0.39, 0.29) is 0 Å². The van der Waals surface area contributed by atoms with Crippen LogP contribution in [0.15, 0.2) is 35.1 Å². The van der Waals surface area contributed by atoms with Crippen molar-refractivity contribution in [2.75, 3.05) is 0 Å². The second kappa shape index (κ2) is 4.78. The Morgan fingerprint density at radius 2 is 1.64 bits per heavy atom. The summed E-state index contributed by atoms with van der Waals surface area (Å²) in [6.45, 7) is 8.09. The lowest BCUT2D eigenvalue weighted by Gasteiger charge is -1.97. The van der Waals surface area contributed by atoms with Crippen LogP contribution >= 0.6 is 0 Å². The Hall–Kier alpha value is -0.980. The lowest BCUT2D eigenvalue weighted by atomic mass is 10.2. The molecular formula is C10H17N. The molecule has 0 aliphatic carbocycles. The molecular weight excluding hydrogens is 134 g/mol. The molecule has 0 heterocycles. The average Bonchev–Trinajstić information content (AvgIpc) is 1.98. The van der Waals surface area contributed by atoms with Crippen molar-refractivity contribution in [3.8, 4) is 0 Å². The van der Waals surface area contributed by atoms with Crippen LogP contribution in [0.3, 0.4) is 0 Å². The third-order valence-electron chi connectivity index (χ3n) is 1.48. The fourth-order valence-electron chi connectivity index (χ4n) is 0.555. The Labute approximate surface area is 69.3 Å². The van der Waals surface area contributed by atoms with E-state index < -0.39 is 0 Å². The molecule has 0 atom stereocenters. The molecule has 0 aliphatic heterocycles. The molecule has 2 N–H and O–H groups in total. The van der Waals surface area contributed by atoms with Gasteiger partial charge in [0.2, 0.25) is 0 Å². The standard InChI is InChI=1S/C10H17N/c1-5-9(4)10(11)7-6-8(2)3/h5-7H,11H2,1-4H3/b9-5-,10-7+. The molecule has 0 radical (unpaired) electrons. The highest BCUT2D eigenvalue weighted by atomic mass is 14.6. The van der Waals surface area contributed by atoms with Crippen molar-refractivity contribution in [3.05, 3.63) is 35.1 Å². The van der Waals surface area contributed by atoms with E-state index in [2.05, 4.69) is 13.8 Å². The van der Waals surface area contributed by atoms with E-state index in [0.717, 1.165) is 11.3 Å². The maximum Gasteiger partial charge on any atom is 0.0340 e. The highest BCUT2D eigenvalue weighted by Gasteiger charge is 1.88. The van der Waals surface area contributed by atoms with Gasteiger partial charge in [-0.1, -0.05) is 17.7 Å². The van der Waals surface area contributed by atoms with Gasteiger partial charge in [-0.05, 0) is 39.3 Å². The summed E-state index contributed by atoms with van der Waals surface area (Å²) in [7, 11) is 0. The van der Waals surface area contributed by atoms with Crippen LogP contribution in [-0.2, 0) is 0 Å². The molecule has 1 heteroatoms. The van der Waals surface area contributed by atoms with Gasteiger partial charge in [0.05, 0.1) is 0 Å². The Morgan fingerprint density at radius 1 is 1.09 bits per heavy atom. The Kier molecular flexibility index (Phi) is 4.35. The molecule has 0 saturated carbocycles. The maximum atomic E-state index is 5.72. The highest BCUT2D eigenvalue weighted by molar-refractivity contribution is 5.29. The molecule has 0 aliphatic rings. The lowest BCUT2D eigenvalue weighted by Crippen LogP contribution is -1.97. The van der Waals surface area contributed by atoms with E-state index in [1.807, 2.05) is 32.1 Å². The normalized spacial score (nSPS) is 13.1. The molecule has 0 amide bonds. The van der Waals surface area contributed by atoms with E-state index in [1.54, 1.807) is 0 Å². The van der Waals surface area contributed by atoms with Crippen molar-refractivity contribution in [2.24, 2.45) is 5.73 Å². The minimum atomic E-state index is 0.841. The van der Waals surface area contributed by atoms with Crippen molar-refractivity contribution in [3.63, 3.8) is 0 Å². The summed E-state index contributed by atoms with van der Waals surface area (Å²) >= 11 is 0. The predicted octanol–water partition coefficient (Wildman–Crippen LogP) is 2.76. The van der Waals surface area contributed by atoms with Crippen LogP contribution in [0.1, 0.15) is 27.7 Å². The first-order valence-electron chi connectivity index (χ1n) is 3.82. The van der Waals surface area contributed by atoms with Crippen molar-refractivity contribution in [1.82, 2.24) is 0 Å². The van der Waals surface area contributed by atoms with Crippen molar-refractivity contribution >= 4 is 0 Å². The van der Waals surface area contributed by atoms with Crippen molar-refractivity contribution < 1.29 is 0 Å². The topological polar surface area (TPSA) is 26.0 Å². The van der Waals surface area contributed by atoms with E-state index >= 15 is 0 Å². The second-order valence-electron chi connectivity index (χ2n) is 2.84. The van der Waals surface area contributed by atoms with Crippen LogP contribution < -0.4 is 5.73 Å². The molecule has 0 aromatic rings. The molecule has 0 aromatic carbocycles. The summed E-state index contributed by atoms with van der Waals surface area (Å²) < 4.78 is 0. The summed E-state index contributed by atoms with van der Waals surface area (Å²) in [6.07, 6.45) is 5.96. The Balaban J connectivity index is 4.36. The minimum absolute atomic E-state index is 0.841. The number of allylic oxidation sites excluding steroid dienone is 5. The first-order chi connectivity index (χ1) is 5.07. The largest absolute Gasteiger partial charge is 0.399 e. The van der Waals surface area contributed by atoms with Gasteiger partial charge in [0.1, 0.15) is 0 Å². The van der Waals surface area contributed by atoms with Gasteiger partial charge in [-0.25, -0.2) is 0 Å². The molecule has 0 fully saturated rings. The summed E-state index contributed by atoms with van der Waals surface area (Å²) in [6, 6.07) is 0. The second-order valence-corrected chi connectivity index (χ2v) is 2.84. The summed E-state index contributed by atoms with van der Waals surface area (Å²) in [5.41, 5.74) is 8.95. The monoisotopic (exact) mass is 151 g/mol. The minimum Gasteiger partial charge on any atom is -0.399 e. The fourth-order valence-corrected chi connectivity index (χ4v) is 0.555. The van der Waals surface area contributed by atoms with Crippen LogP contribution in [0.25, 0.3) is 0 Å². The number of nitrogens with two attached hydrogens (primary N) is 1. The fraction of sp³-hybridized carbons (Fsp3) is 0.400. The van der Waals surface area contributed by atoms with E-state index in [4.69, 9.17) is 5.73 Å². The van der Waals surface area contributed by atoms with Crippen molar-refractivity contribution in [2.45, 2.75) is 27.7 Å². The van der Waals surface area contributed by atoms with Gasteiger partial charge in [-0.2, -0.15) is 0 Å². The number of hydrogen-bond acceptors (Lipinski definition) is 1. The molecule has 11 heavy (non-hydrogen) atoms. The van der Waals surface area contributed by atoms with Gasteiger partial charge in [0.25, 0.3) is 0 Å². The maximum absolute atomic E-state index is 5.72. The average molecular weight is 151 g/mol. The molecule has 62 valence electrons. The Bertz CT molecular complexity index is 203. The van der Waals surface area contributed by atoms with Crippen LogP contribution in [0.4, 0.5) is 0 Å². The van der Waals surface area contributed by atoms with Crippen molar-refractivity contribution in [1.29, 1.82) is 0 Å². The SMILES string of the molecule is C/C=C(C)\C(N)=C/C=C(C)C. The van der Waals surface area contributed by atoms with Gasteiger partial charge in [-0.3, -0.25) is 0 Å². The van der Waals surface area contributed by atoms with Crippen LogP contribution in [0.5, 0.6) is 0 Å². The third kappa shape index (κ3) is 4.43. The molecule has 0 unspecified atom stereocenters. The first-order valence-corrected chi connectivity index (χ1v) is 3.82. The zero-order chi connectivity index (χ0) is 8.85. The van der Waals surface area contributed by atoms with Gasteiger partial charge < -0.3 is 5.73 Å². The zero-order valence-electron chi connectivity index (χ0n) is 7.81. The summed E-state index contributed by atoms with van der Waals surface area (Å²) in [5.74, 6) is 0.